The highest BCUT2D eigenvalue weighted by Crippen LogP contribution is 2.25. The lowest BCUT2D eigenvalue weighted by Crippen LogP contribution is -2.48. The zero-order valence-corrected chi connectivity index (χ0v) is 23.8. The van der Waals surface area contributed by atoms with E-state index in [2.05, 4.69) is 25.3 Å². The maximum atomic E-state index is 14.9. The molecule has 1 aromatic carbocycles. The van der Waals surface area contributed by atoms with Crippen LogP contribution in [0.2, 0.25) is 0 Å². The highest BCUT2D eigenvalue weighted by atomic mass is 19.1. The van der Waals surface area contributed by atoms with E-state index in [9.17, 15) is 14.0 Å². The molecule has 1 atom stereocenters. The third-order valence-electron chi connectivity index (χ3n) is 7.36. The molecule has 0 saturated carbocycles. The number of morpholine rings is 1. The SMILES string of the molecule is C[C@H](NC(=O)c1ccco1)C(=O)N1CCCN(CCCOc2ccc(-c3noc(CN4CCOCC4)n3)c(F)c2)CC1. The van der Waals surface area contributed by atoms with E-state index in [4.69, 9.17) is 18.4 Å². The molecule has 1 N–H and O–H groups in total. The number of aromatic nitrogens is 2. The normalized spacial score (nSPS) is 17.5. The van der Waals surface area contributed by atoms with Crippen molar-refractivity contribution in [3.63, 3.8) is 0 Å². The molecule has 13 heteroatoms. The summed E-state index contributed by atoms with van der Waals surface area (Å²) in [4.78, 5) is 35.7. The molecule has 4 heterocycles. The van der Waals surface area contributed by atoms with Gasteiger partial charge in [-0.25, -0.2) is 4.39 Å². The van der Waals surface area contributed by atoms with Crippen molar-refractivity contribution in [1.29, 1.82) is 0 Å². The molecule has 226 valence electrons. The van der Waals surface area contributed by atoms with Gasteiger partial charge in [0.2, 0.25) is 17.6 Å². The average Bonchev–Trinajstić information content (AvgIpc) is 3.64. The van der Waals surface area contributed by atoms with Gasteiger partial charge >= 0.3 is 0 Å². The minimum absolute atomic E-state index is 0.111. The maximum Gasteiger partial charge on any atom is 0.287 e. The molecule has 0 unspecified atom stereocenters. The van der Waals surface area contributed by atoms with E-state index in [0.717, 1.165) is 45.6 Å². The number of nitrogens with zero attached hydrogens (tertiary/aromatic N) is 5. The van der Waals surface area contributed by atoms with Crippen LogP contribution in [0.1, 0.15) is 36.2 Å². The lowest BCUT2D eigenvalue weighted by molar-refractivity contribution is -0.132. The van der Waals surface area contributed by atoms with Gasteiger partial charge in [0.1, 0.15) is 17.6 Å². The second-order valence-electron chi connectivity index (χ2n) is 10.4. The van der Waals surface area contributed by atoms with Gasteiger partial charge in [-0.3, -0.25) is 14.5 Å². The van der Waals surface area contributed by atoms with E-state index in [1.54, 1.807) is 36.1 Å². The quantitative estimate of drug-likeness (QED) is 0.336. The Labute approximate surface area is 243 Å². The van der Waals surface area contributed by atoms with Crippen molar-refractivity contribution in [2.24, 2.45) is 0 Å². The molecule has 2 aromatic heterocycles. The lowest BCUT2D eigenvalue weighted by Gasteiger charge is -2.25. The van der Waals surface area contributed by atoms with Crippen molar-refractivity contribution >= 4 is 11.8 Å². The van der Waals surface area contributed by atoms with Crippen LogP contribution in [0.3, 0.4) is 0 Å². The molecule has 3 aromatic rings. The molecule has 42 heavy (non-hydrogen) atoms. The molecule has 12 nitrogen and oxygen atoms in total. The minimum atomic E-state index is -0.647. The second-order valence-corrected chi connectivity index (χ2v) is 10.4. The van der Waals surface area contributed by atoms with E-state index < -0.39 is 17.8 Å². The molecule has 2 amide bonds. The number of halogens is 1. The van der Waals surface area contributed by atoms with Gasteiger partial charge in [0, 0.05) is 45.3 Å². The molecular weight excluding hydrogens is 547 g/mol. The van der Waals surface area contributed by atoms with Gasteiger partial charge in [-0.05, 0) is 50.6 Å². The van der Waals surface area contributed by atoms with Crippen molar-refractivity contribution in [1.82, 2.24) is 30.2 Å². The van der Waals surface area contributed by atoms with Crippen molar-refractivity contribution < 1.29 is 32.4 Å². The Bertz CT molecular complexity index is 1310. The number of furan rings is 1. The van der Waals surface area contributed by atoms with E-state index in [0.29, 0.717) is 51.1 Å². The first-order valence-electron chi connectivity index (χ1n) is 14.4. The Morgan fingerprint density at radius 2 is 1.95 bits per heavy atom. The van der Waals surface area contributed by atoms with Crippen molar-refractivity contribution in [3.05, 3.63) is 54.1 Å². The number of hydrogen-bond donors (Lipinski definition) is 1. The first kappa shape index (κ1) is 29.7. The molecule has 0 aliphatic carbocycles. The number of carbonyl (C=O) groups excluding carboxylic acids is 2. The van der Waals surface area contributed by atoms with Crippen LogP contribution in [0.5, 0.6) is 5.75 Å². The Morgan fingerprint density at radius 1 is 1.10 bits per heavy atom. The Morgan fingerprint density at radius 3 is 2.74 bits per heavy atom. The van der Waals surface area contributed by atoms with Crippen LogP contribution in [-0.4, -0.2) is 108 Å². The van der Waals surface area contributed by atoms with Crippen LogP contribution >= 0.6 is 0 Å². The Kier molecular flexibility index (Phi) is 10.2. The second kappa shape index (κ2) is 14.4. The van der Waals surface area contributed by atoms with Gasteiger partial charge < -0.3 is 33.5 Å². The van der Waals surface area contributed by atoms with Crippen molar-refractivity contribution in [2.45, 2.75) is 32.4 Å². The molecule has 2 saturated heterocycles. The predicted molar refractivity (Wildman–Crippen MR) is 149 cm³/mol. The number of nitrogens with one attached hydrogen (secondary N) is 1. The van der Waals surface area contributed by atoms with Crippen LogP contribution in [-0.2, 0) is 16.1 Å². The Hall–Kier alpha value is -3.81. The fourth-order valence-electron chi connectivity index (χ4n) is 5.05. The first-order chi connectivity index (χ1) is 20.5. The lowest BCUT2D eigenvalue weighted by atomic mass is 10.2. The summed E-state index contributed by atoms with van der Waals surface area (Å²) in [5.41, 5.74) is 0.262. The molecule has 0 spiro atoms. The maximum absolute atomic E-state index is 14.9. The fraction of sp³-hybridized carbons (Fsp3) is 0.517. The van der Waals surface area contributed by atoms with Crippen LogP contribution in [0, 0.1) is 5.82 Å². The zero-order chi connectivity index (χ0) is 29.3. The first-order valence-corrected chi connectivity index (χ1v) is 14.4. The van der Waals surface area contributed by atoms with E-state index in [1.165, 1.54) is 12.3 Å². The highest BCUT2D eigenvalue weighted by molar-refractivity contribution is 5.95. The average molecular weight is 585 g/mol. The van der Waals surface area contributed by atoms with Gasteiger partial charge in [0.05, 0.1) is 38.2 Å². The van der Waals surface area contributed by atoms with Crippen molar-refractivity contribution in [3.8, 4) is 17.1 Å². The summed E-state index contributed by atoms with van der Waals surface area (Å²) >= 11 is 0. The monoisotopic (exact) mass is 584 g/mol. The molecular formula is C29H37FN6O6. The highest BCUT2D eigenvalue weighted by Gasteiger charge is 2.25. The van der Waals surface area contributed by atoms with Gasteiger partial charge in [0.25, 0.3) is 5.91 Å². The number of carbonyl (C=O) groups is 2. The third kappa shape index (κ3) is 7.93. The number of hydrogen-bond acceptors (Lipinski definition) is 10. The smallest absolute Gasteiger partial charge is 0.287 e. The third-order valence-corrected chi connectivity index (χ3v) is 7.36. The van der Waals surface area contributed by atoms with E-state index in [-0.39, 0.29) is 23.1 Å². The summed E-state index contributed by atoms with van der Waals surface area (Å²) < 4.78 is 36.4. The number of ether oxygens (including phenoxy) is 2. The minimum Gasteiger partial charge on any atom is -0.493 e. The molecule has 0 radical (unpaired) electrons. The summed E-state index contributed by atoms with van der Waals surface area (Å²) in [5.74, 6) is 0.280. The summed E-state index contributed by atoms with van der Waals surface area (Å²) in [6.07, 6.45) is 3.01. The summed E-state index contributed by atoms with van der Waals surface area (Å²) in [5, 5.41) is 6.65. The molecule has 5 rings (SSSR count). The Balaban J connectivity index is 1.02. The van der Waals surface area contributed by atoms with Crippen LogP contribution in [0.25, 0.3) is 11.4 Å². The van der Waals surface area contributed by atoms with E-state index in [1.807, 2.05) is 0 Å². The van der Waals surface area contributed by atoms with Gasteiger partial charge in [0.15, 0.2) is 5.76 Å². The zero-order valence-electron chi connectivity index (χ0n) is 23.8. The standard InChI is InChI=1S/C29H37FN6O6/c1-21(31-28(37)25-5-2-15-41-25)29(38)36-10-3-8-34(11-12-36)9-4-16-40-22-6-7-23(24(30)19-22)27-32-26(42-33-27)20-35-13-17-39-18-14-35/h2,5-7,15,19,21H,3-4,8-14,16-18,20H2,1H3,(H,31,37)/t21-/m0/s1. The van der Waals surface area contributed by atoms with Crippen LogP contribution < -0.4 is 10.1 Å². The van der Waals surface area contributed by atoms with Crippen molar-refractivity contribution in [2.75, 3.05) is 65.6 Å². The largest absolute Gasteiger partial charge is 0.493 e. The molecule has 0 bridgehead atoms. The summed E-state index contributed by atoms with van der Waals surface area (Å²) in [7, 11) is 0. The van der Waals surface area contributed by atoms with Gasteiger partial charge in [-0.2, -0.15) is 4.98 Å². The summed E-state index contributed by atoms with van der Waals surface area (Å²) in [6.45, 7) is 9.15. The molecule has 2 aliphatic heterocycles. The fourth-order valence-corrected chi connectivity index (χ4v) is 5.05. The number of benzene rings is 1. The molecule has 2 aliphatic rings. The molecule has 2 fully saturated rings. The van der Waals surface area contributed by atoms with Gasteiger partial charge in [-0.1, -0.05) is 5.16 Å². The number of amides is 2. The van der Waals surface area contributed by atoms with Crippen LogP contribution in [0.4, 0.5) is 4.39 Å². The topological polar surface area (TPSA) is 126 Å². The van der Waals surface area contributed by atoms with Crippen LogP contribution in [0.15, 0.2) is 45.5 Å². The number of rotatable bonds is 11. The summed E-state index contributed by atoms with van der Waals surface area (Å²) in [6, 6.07) is 7.19. The predicted octanol–water partition coefficient (Wildman–Crippen LogP) is 2.42. The van der Waals surface area contributed by atoms with Gasteiger partial charge in [-0.15, -0.1) is 0 Å². The van der Waals surface area contributed by atoms with E-state index >= 15 is 0 Å².